The Hall–Kier alpha value is -3.28. The lowest BCUT2D eigenvalue weighted by atomic mass is 9.89. The maximum Gasteiger partial charge on any atom is 0.276 e. The summed E-state index contributed by atoms with van der Waals surface area (Å²) >= 11 is 0. The Balaban J connectivity index is 1.90. The molecule has 0 spiro atoms. The highest BCUT2D eigenvalue weighted by Gasteiger charge is 2.45. The van der Waals surface area contributed by atoms with Gasteiger partial charge in [-0.2, -0.15) is 0 Å². The number of nitrogens with two attached hydrogens (primary N) is 2. The Morgan fingerprint density at radius 3 is 2.50 bits per heavy atom. The van der Waals surface area contributed by atoms with Crippen LogP contribution in [0.4, 0.5) is 33.3 Å². The van der Waals surface area contributed by atoms with Gasteiger partial charge in [0.25, 0.3) is 12.3 Å². The number of anilines is 2. The van der Waals surface area contributed by atoms with Crippen LogP contribution < -0.4 is 16.8 Å². The number of alkyl halides is 4. The second kappa shape index (κ2) is 8.69. The Morgan fingerprint density at radius 1 is 1.25 bits per heavy atom. The lowest BCUT2D eigenvalue weighted by molar-refractivity contribution is -0.0575. The maximum atomic E-state index is 14.6. The van der Waals surface area contributed by atoms with E-state index in [1.54, 1.807) is 0 Å². The summed E-state index contributed by atoms with van der Waals surface area (Å²) in [5.41, 5.74) is 6.96. The summed E-state index contributed by atoms with van der Waals surface area (Å²) < 4.78 is 71.9. The lowest BCUT2D eigenvalue weighted by Crippen LogP contribution is -2.56. The van der Waals surface area contributed by atoms with Crippen LogP contribution in [0.15, 0.2) is 35.5 Å². The van der Waals surface area contributed by atoms with E-state index >= 15 is 0 Å². The summed E-state index contributed by atoms with van der Waals surface area (Å²) in [6.45, 7) is -1.41. The Bertz CT molecular complexity index is 1060. The molecular formula is C20H20F5N5O2. The molecule has 0 aliphatic carbocycles. The Kier molecular flexibility index (Phi) is 6.35. The van der Waals surface area contributed by atoms with E-state index in [4.69, 9.17) is 16.2 Å². The van der Waals surface area contributed by atoms with Gasteiger partial charge in [-0.3, -0.25) is 9.79 Å². The third kappa shape index (κ3) is 4.22. The average Bonchev–Trinajstić information content (AvgIpc) is 2.75. The molecule has 2 aromatic rings. The van der Waals surface area contributed by atoms with Crippen LogP contribution in [0.5, 0.6) is 0 Å². The molecule has 7 nitrogen and oxygen atoms in total. The molecule has 32 heavy (non-hydrogen) atoms. The van der Waals surface area contributed by atoms with Gasteiger partial charge in [0.05, 0.1) is 12.3 Å². The van der Waals surface area contributed by atoms with Crippen LogP contribution in [-0.4, -0.2) is 42.3 Å². The Labute approximate surface area is 179 Å². The van der Waals surface area contributed by atoms with E-state index in [0.717, 1.165) is 18.3 Å². The highest BCUT2D eigenvalue weighted by Crippen LogP contribution is 2.36. The average molecular weight is 457 g/mol. The van der Waals surface area contributed by atoms with Gasteiger partial charge in [0.15, 0.2) is 11.3 Å². The number of aromatic nitrogens is 1. The number of rotatable bonds is 6. The van der Waals surface area contributed by atoms with E-state index in [1.807, 2.05) is 0 Å². The predicted octanol–water partition coefficient (Wildman–Crippen LogP) is 3.27. The summed E-state index contributed by atoms with van der Waals surface area (Å²) in [7, 11) is 0. The first kappa shape index (κ1) is 23.4. The highest BCUT2D eigenvalue weighted by atomic mass is 19.3. The third-order valence-electron chi connectivity index (χ3n) is 5.11. The van der Waals surface area contributed by atoms with Crippen LogP contribution in [0.2, 0.25) is 0 Å². The molecule has 1 amide bonds. The van der Waals surface area contributed by atoms with Crippen molar-refractivity contribution in [2.75, 3.05) is 31.0 Å². The number of benzene rings is 1. The fraction of sp³-hybridized carbons (Fsp3) is 0.350. The molecule has 1 unspecified atom stereocenters. The molecule has 5 N–H and O–H groups in total. The number of ether oxygens (including phenoxy) is 1. The molecule has 2 heterocycles. The standard InChI is InChI=1S/C20H20F5N5O2/c1-19(9-32-20(7-21,8-22)18(27)30-19)12-5-11(2-3-13(12)23)29-17(31)15-14(26)4-10(6-28-15)16(24)25/h2-6,16H,7-9,26H2,1H3,(H2,27,30)(H,29,31). The van der Waals surface area contributed by atoms with Gasteiger partial charge in [0, 0.05) is 23.0 Å². The van der Waals surface area contributed by atoms with Gasteiger partial charge in [0.1, 0.15) is 30.5 Å². The van der Waals surface area contributed by atoms with Crippen LogP contribution in [0, 0.1) is 5.82 Å². The summed E-state index contributed by atoms with van der Waals surface area (Å²) in [5.74, 6) is -2.00. The predicted molar refractivity (Wildman–Crippen MR) is 108 cm³/mol. The van der Waals surface area contributed by atoms with Crippen molar-refractivity contribution in [3.05, 3.63) is 53.1 Å². The number of aliphatic imine (C=N–C) groups is 1. The van der Waals surface area contributed by atoms with Crippen molar-refractivity contribution in [1.82, 2.24) is 4.98 Å². The number of hydrogen-bond donors (Lipinski definition) is 3. The first-order chi connectivity index (χ1) is 15.0. The second-order valence-electron chi connectivity index (χ2n) is 7.48. The number of carbonyl (C=O) groups is 1. The molecule has 1 atom stereocenters. The van der Waals surface area contributed by atoms with Gasteiger partial charge in [-0.05, 0) is 31.2 Å². The van der Waals surface area contributed by atoms with Crippen molar-refractivity contribution in [3.63, 3.8) is 0 Å². The number of nitrogen functional groups attached to an aromatic ring is 1. The van der Waals surface area contributed by atoms with E-state index in [1.165, 1.54) is 19.1 Å². The van der Waals surface area contributed by atoms with E-state index in [-0.39, 0.29) is 29.2 Å². The zero-order valence-corrected chi connectivity index (χ0v) is 16.8. The molecular weight excluding hydrogens is 437 g/mol. The minimum absolute atomic E-state index is 0.0569. The van der Waals surface area contributed by atoms with Crippen molar-refractivity contribution in [2.24, 2.45) is 10.7 Å². The summed E-state index contributed by atoms with van der Waals surface area (Å²) in [6.07, 6.45) is -1.98. The van der Waals surface area contributed by atoms with Crippen molar-refractivity contribution in [3.8, 4) is 0 Å². The summed E-state index contributed by atoms with van der Waals surface area (Å²) in [4.78, 5) is 20.2. The SMILES string of the molecule is CC1(c2cc(NC(=O)c3ncc(C(F)F)cc3N)ccc2F)COC(CF)(CF)C(N)=N1. The number of pyridine rings is 1. The van der Waals surface area contributed by atoms with E-state index < -0.39 is 54.0 Å². The van der Waals surface area contributed by atoms with Gasteiger partial charge < -0.3 is 21.5 Å². The quantitative estimate of drug-likeness (QED) is 0.576. The molecule has 172 valence electrons. The van der Waals surface area contributed by atoms with Gasteiger partial charge >= 0.3 is 0 Å². The van der Waals surface area contributed by atoms with Crippen LogP contribution in [0.3, 0.4) is 0 Å². The molecule has 1 aliphatic rings. The van der Waals surface area contributed by atoms with Crippen LogP contribution in [0.1, 0.15) is 35.0 Å². The van der Waals surface area contributed by atoms with Crippen molar-refractivity contribution in [1.29, 1.82) is 0 Å². The van der Waals surface area contributed by atoms with Gasteiger partial charge in [0.2, 0.25) is 0 Å². The van der Waals surface area contributed by atoms with E-state index in [2.05, 4.69) is 15.3 Å². The first-order valence-corrected chi connectivity index (χ1v) is 9.32. The monoisotopic (exact) mass is 457 g/mol. The number of carbonyl (C=O) groups excluding carboxylic acids is 1. The zero-order valence-electron chi connectivity index (χ0n) is 16.8. The molecule has 3 rings (SSSR count). The number of nitrogens with one attached hydrogen (secondary N) is 1. The van der Waals surface area contributed by atoms with Crippen molar-refractivity contribution >= 4 is 23.1 Å². The molecule has 0 radical (unpaired) electrons. The zero-order chi connectivity index (χ0) is 23.7. The molecule has 1 aromatic carbocycles. The van der Waals surface area contributed by atoms with E-state index in [9.17, 15) is 26.7 Å². The number of amidine groups is 1. The van der Waals surface area contributed by atoms with Crippen LogP contribution in [-0.2, 0) is 10.3 Å². The second-order valence-corrected chi connectivity index (χ2v) is 7.48. The minimum Gasteiger partial charge on any atom is -0.397 e. The fourth-order valence-electron chi connectivity index (χ4n) is 3.15. The number of amides is 1. The number of hydrogen-bond acceptors (Lipinski definition) is 6. The molecule has 0 saturated heterocycles. The van der Waals surface area contributed by atoms with Gasteiger partial charge in [-0.1, -0.05) is 0 Å². The maximum absolute atomic E-state index is 14.6. The first-order valence-electron chi connectivity index (χ1n) is 9.32. The molecule has 12 heteroatoms. The van der Waals surface area contributed by atoms with Crippen LogP contribution >= 0.6 is 0 Å². The van der Waals surface area contributed by atoms with Crippen LogP contribution in [0.25, 0.3) is 0 Å². The highest BCUT2D eigenvalue weighted by molar-refractivity contribution is 6.06. The summed E-state index contributed by atoms with van der Waals surface area (Å²) in [5, 5.41) is 2.45. The minimum atomic E-state index is -2.80. The molecule has 1 aromatic heterocycles. The van der Waals surface area contributed by atoms with E-state index in [0.29, 0.717) is 0 Å². The normalized spacial score (nSPS) is 20.2. The third-order valence-corrected chi connectivity index (χ3v) is 5.11. The molecule has 1 aliphatic heterocycles. The number of nitrogens with zero attached hydrogens (tertiary/aromatic N) is 2. The van der Waals surface area contributed by atoms with Crippen molar-refractivity contribution in [2.45, 2.75) is 24.5 Å². The van der Waals surface area contributed by atoms with Crippen molar-refractivity contribution < 1.29 is 31.5 Å². The molecule has 0 bridgehead atoms. The molecule has 0 fully saturated rings. The van der Waals surface area contributed by atoms with Gasteiger partial charge in [-0.25, -0.2) is 26.9 Å². The summed E-state index contributed by atoms with van der Waals surface area (Å²) in [6, 6.07) is 4.47. The largest absolute Gasteiger partial charge is 0.397 e. The Morgan fingerprint density at radius 2 is 1.94 bits per heavy atom. The molecule has 0 saturated carbocycles. The fourth-order valence-corrected chi connectivity index (χ4v) is 3.15. The smallest absolute Gasteiger partial charge is 0.276 e. The lowest BCUT2D eigenvalue weighted by Gasteiger charge is -2.39. The topological polar surface area (TPSA) is 116 Å². The van der Waals surface area contributed by atoms with Gasteiger partial charge in [-0.15, -0.1) is 0 Å². The number of halogens is 5.